The van der Waals surface area contributed by atoms with E-state index in [4.69, 9.17) is 11.5 Å². The summed E-state index contributed by atoms with van der Waals surface area (Å²) in [7, 11) is 0. The Labute approximate surface area is 88.2 Å². The van der Waals surface area contributed by atoms with Crippen LogP contribution < -0.4 is 11.5 Å². The highest BCUT2D eigenvalue weighted by atomic mass is 16.6. The molecule has 1 aromatic rings. The highest BCUT2D eigenvalue weighted by Crippen LogP contribution is 2.13. The largest absolute Gasteiger partial charge is 0.329 e. The first-order valence-corrected chi connectivity index (χ1v) is 4.82. The van der Waals surface area contributed by atoms with E-state index in [1.165, 1.54) is 12.1 Å². The number of nitro benzene ring substituents is 1. The third kappa shape index (κ3) is 3.65. The van der Waals surface area contributed by atoms with E-state index < -0.39 is 4.92 Å². The van der Waals surface area contributed by atoms with Gasteiger partial charge in [0.05, 0.1) is 4.92 Å². The molecule has 82 valence electrons. The summed E-state index contributed by atoms with van der Waals surface area (Å²) in [5.41, 5.74) is 12.2. The molecule has 4 N–H and O–H groups in total. The van der Waals surface area contributed by atoms with Crippen molar-refractivity contribution in [3.8, 4) is 0 Å². The van der Waals surface area contributed by atoms with Crippen molar-refractivity contribution in [1.82, 2.24) is 0 Å². The van der Waals surface area contributed by atoms with Crippen LogP contribution in [0, 0.1) is 10.1 Å². The lowest BCUT2D eigenvalue weighted by Gasteiger charge is -2.07. The van der Waals surface area contributed by atoms with Gasteiger partial charge in [0.2, 0.25) is 0 Å². The van der Waals surface area contributed by atoms with Crippen molar-refractivity contribution in [1.29, 1.82) is 0 Å². The normalized spacial score (nSPS) is 12.4. The predicted octanol–water partition coefficient (Wildman–Crippen LogP) is 0.813. The fourth-order valence-corrected chi connectivity index (χ4v) is 1.25. The maximum absolute atomic E-state index is 10.4. The molecular formula is C10H15N3O2. The summed E-state index contributed by atoms with van der Waals surface area (Å²) in [5, 5.41) is 10.4. The van der Waals surface area contributed by atoms with Crippen LogP contribution in [-0.4, -0.2) is 17.5 Å². The molecule has 5 nitrogen and oxygen atoms in total. The molecule has 1 unspecified atom stereocenters. The Morgan fingerprint density at radius 2 is 1.93 bits per heavy atom. The van der Waals surface area contributed by atoms with Gasteiger partial charge < -0.3 is 11.5 Å². The first kappa shape index (κ1) is 11.6. The van der Waals surface area contributed by atoms with Gasteiger partial charge in [0.15, 0.2) is 0 Å². The van der Waals surface area contributed by atoms with E-state index in [0.29, 0.717) is 6.54 Å². The number of hydrogen-bond donors (Lipinski definition) is 2. The smallest absolute Gasteiger partial charge is 0.269 e. The molecule has 0 amide bonds. The minimum atomic E-state index is -0.407. The van der Waals surface area contributed by atoms with Gasteiger partial charge in [0, 0.05) is 24.7 Å². The van der Waals surface area contributed by atoms with Crippen molar-refractivity contribution in [3.63, 3.8) is 0 Å². The van der Waals surface area contributed by atoms with Gasteiger partial charge in [-0.05, 0) is 18.4 Å². The number of rotatable bonds is 5. The molecule has 0 heterocycles. The van der Waals surface area contributed by atoms with Crippen LogP contribution in [0.1, 0.15) is 12.0 Å². The monoisotopic (exact) mass is 209 g/mol. The predicted molar refractivity (Wildman–Crippen MR) is 58.4 cm³/mol. The number of benzene rings is 1. The molecule has 0 saturated heterocycles. The fraction of sp³-hybridized carbons (Fsp3) is 0.400. The Bertz CT molecular complexity index is 324. The molecule has 0 aliphatic heterocycles. The summed E-state index contributed by atoms with van der Waals surface area (Å²) in [5.74, 6) is 0. The average molecular weight is 209 g/mol. The third-order valence-corrected chi connectivity index (χ3v) is 2.25. The minimum Gasteiger partial charge on any atom is -0.329 e. The second-order valence-electron chi connectivity index (χ2n) is 3.46. The zero-order chi connectivity index (χ0) is 11.3. The molecule has 0 aliphatic rings. The zero-order valence-corrected chi connectivity index (χ0v) is 8.43. The summed E-state index contributed by atoms with van der Waals surface area (Å²) in [6.07, 6.45) is 1.60. The second-order valence-corrected chi connectivity index (χ2v) is 3.46. The van der Waals surface area contributed by atoms with E-state index >= 15 is 0 Å². The van der Waals surface area contributed by atoms with Crippen molar-refractivity contribution >= 4 is 5.69 Å². The van der Waals surface area contributed by atoms with Crippen molar-refractivity contribution in [2.75, 3.05) is 6.54 Å². The maximum atomic E-state index is 10.4. The van der Waals surface area contributed by atoms with Crippen LogP contribution in [0.4, 0.5) is 5.69 Å². The van der Waals surface area contributed by atoms with E-state index in [0.717, 1.165) is 18.4 Å². The van der Waals surface area contributed by atoms with Crippen LogP contribution in [0.25, 0.3) is 0 Å². The third-order valence-electron chi connectivity index (χ3n) is 2.25. The standard InChI is InChI=1S/C10H15N3O2/c11-7-9(12)4-1-8-2-5-10(6-3-8)13(14)15/h2-3,5-6,9H,1,4,7,11-12H2. The van der Waals surface area contributed by atoms with E-state index in [9.17, 15) is 10.1 Å². The molecule has 0 saturated carbocycles. The lowest BCUT2D eigenvalue weighted by Crippen LogP contribution is -2.29. The van der Waals surface area contributed by atoms with Crippen LogP contribution in [0.2, 0.25) is 0 Å². The fourth-order valence-electron chi connectivity index (χ4n) is 1.25. The second kappa shape index (κ2) is 5.43. The van der Waals surface area contributed by atoms with Crippen molar-refractivity contribution in [2.24, 2.45) is 11.5 Å². The van der Waals surface area contributed by atoms with Crippen LogP contribution in [-0.2, 0) is 6.42 Å². The van der Waals surface area contributed by atoms with Gasteiger partial charge in [-0.15, -0.1) is 0 Å². The summed E-state index contributed by atoms with van der Waals surface area (Å²) in [6.45, 7) is 0.465. The SMILES string of the molecule is NCC(N)CCc1ccc([N+](=O)[O-])cc1. The van der Waals surface area contributed by atoms with Gasteiger partial charge in [-0.3, -0.25) is 10.1 Å². The van der Waals surface area contributed by atoms with Gasteiger partial charge in [-0.2, -0.15) is 0 Å². The molecule has 0 fully saturated rings. The molecule has 0 bridgehead atoms. The molecule has 0 aliphatic carbocycles. The van der Waals surface area contributed by atoms with Crippen molar-refractivity contribution < 1.29 is 4.92 Å². The number of nitrogens with two attached hydrogens (primary N) is 2. The van der Waals surface area contributed by atoms with E-state index in [1.54, 1.807) is 12.1 Å². The number of hydrogen-bond acceptors (Lipinski definition) is 4. The molecule has 0 spiro atoms. The van der Waals surface area contributed by atoms with E-state index in [-0.39, 0.29) is 11.7 Å². The Morgan fingerprint density at radius 1 is 1.33 bits per heavy atom. The summed E-state index contributed by atoms with van der Waals surface area (Å²) in [6, 6.07) is 6.51. The van der Waals surface area contributed by atoms with Crippen LogP contribution in [0.3, 0.4) is 0 Å². The molecule has 1 aromatic carbocycles. The number of non-ortho nitro benzene ring substituents is 1. The van der Waals surface area contributed by atoms with Gasteiger partial charge in [-0.1, -0.05) is 12.1 Å². The summed E-state index contributed by atoms with van der Waals surface area (Å²) >= 11 is 0. The number of nitrogens with zero attached hydrogens (tertiary/aromatic N) is 1. The quantitative estimate of drug-likeness (QED) is 0.554. The first-order chi connectivity index (χ1) is 7.13. The van der Waals surface area contributed by atoms with Crippen LogP contribution in [0.15, 0.2) is 24.3 Å². The molecule has 5 heteroatoms. The summed E-state index contributed by atoms with van der Waals surface area (Å²) < 4.78 is 0. The lowest BCUT2D eigenvalue weighted by atomic mass is 10.1. The van der Waals surface area contributed by atoms with Crippen molar-refractivity contribution in [2.45, 2.75) is 18.9 Å². The molecular weight excluding hydrogens is 194 g/mol. The topological polar surface area (TPSA) is 95.2 Å². The highest BCUT2D eigenvalue weighted by Gasteiger charge is 2.05. The molecule has 0 aromatic heterocycles. The lowest BCUT2D eigenvalue weighted by molar-refractivity contribution is -0.384. The van der Waals surface area contributed by atoms with Crippen LogP contribution >= 0.6 is 0 Å². The summed E-state index contributed by atoms with van der Waals surface area (Å²) in [4.78, 5) is 9.99. The molecule has 0 radical (unpaired) electrons. The minimum absolute atomic E-state index is 0.000178. The highest BCUT2D eigenvalue weighted by molar-refractivity contribution is 5.32. The molecule has 15 heavy (non-hydrogen) atoms. The van der Waals surface area contributed by atoms with Crippen LogP contribution in [0.5, 0.6) is 0 Å². The van der Waals surface area contributed by atoms with Gasteiger partial charge >= 0.3 is 0 Å². The number of aryl methyl sites for hydroxylation is 1. The zero-order valence-electron chi connectivity index (χ0n) is 8.43. The molecule has 1 atom stereocenters. The Balaban J connectivity index is 2.53. The van der Waals surface area contributed by atoms with Gasteiger partial charge in [0.1, 0.15) is 0 Å². The Kier molecular flexibility index (Phi) is 4.20. The average Bonchev–Trinajstić information content (AvgIpc) is 2.26. The Hall–Kier alpha value is -1.46. The number of nitro groups is 1. The van der Waals surface area contributed by atoms with Crippen molar-refractivity contribution in [3.05, 3.63) is 39.9 Å². The van der Waals surface area contributed by atoms with E-state index in [2.05, 4.69) is 0 Å². The van der Waals surface area contributed by atoms with E-state index in [1.807, 2.05) is 0 Å². The van der Waals surface area contributed by atoms with Gasteiger partial charge in [0.25, 0.3) is 5.69 Å². The van der Waals surface area contributed by atoms with Gasteiger partial charge in [-0.25, -0.2) is 0 Å². The first-order valence-electron chi connectivity index (χ1n) is 4.82. The maximum Gasteiger partial charge on any atom is 0.269 e. The molecule has 1 rings (SSSR count). The Morgan fingerprint density at radius 3 is 2.40 bits per heavy atom.